The van der Waals surface area contributed by atoms with Gasteiger partial charge in [0.05, 0.1) is 17.9 Å². The van der Waals surface area contributed by atoms with Crippen LogP contribution in [0.2, 0.25) is 0 Å². The van der Waals surface area contributed by atoms with Crippen molar-refractivity contribution < 1.29 is 13.9 Å². The van der Waals surface area contributed by atoms with Gasteiger partial charge in [-0.1, -0.05) is 11.8 Å². The number of carbonyl (C=O) groups excluding carboxylic acids is 1. The zero-order valence-electron chi connectivity index (χ0n) is 15.1. The molecule has 1 heterocycles. The van der Waals surface area contributed by atoms with E-state index in [2.05, 4.69) is 10.2 Å². The van der Waals surface area contributed by atoms with Crippen LogP contribution in [0.25, 0.3) is 5.69 Å². The Labute approximate surface area is 151 Å². The van der Waals surface area contributed by atoms with Crippen molar-refractivity contribution in [2.24, 2.45) is 0 Å². The van der Waals surface area contributed by atoms with E-state index in [-0.39, 0.29) is 29.7 Å². The fourth-order valence-electron chi connectivity index (χ4n) is 2.13. The molecule has 0 spiro atoms. The highest BCUT2D eigenvalue weighted by Crippen LogP contribution is 2.27. The standard InChI is InChI=1S/C17H23FN4O2S/c1-11(2)24-15(23)10-25-17-20-19-16(12(3)21(4)5)22(17)14-8-6-13(18)7-9-14/h6-9,11-12H,10H2,1-5H3/t12-/m1/s1. The fraction of sp³-hybridized carbons (Fsp3) is 0.471. The molecule has 1 aromatic heterocycles. The normalized spacial score (nSPS) is 12.6. The quantitative estimate of drug-likeness (QED) is 0.554. The predicted molar refractivity (Wildman–Crippen MR) is 95.4 cm³/mol. The molecule has 0 fully saturated rings. The minimum atomic E-state index is -0.311. The van der Waals surface area contributed by atoms with Crippen LogP contribution in [0.5, 0.6) is 0 Å². The molecule has 8 heteroatoms. The van der Waals surface area contributed by atoms with E-state index < -0.39 is 0 Å². The molecule has 0 amide bonds. The zero-order valence-corrected chi connectivity index (χ0v) is 15.9. The second kappa shape index (κ2) is 8.44. The van der Waals surface area contributed by atoms with Crippen molar-refractivity contribution in [3.8, 4) is 5.69 Å². The zero-order chi connectivity index (χ0) is 18.6. The number of carbonyl (C=O) groups is 1. The Bertz CT molecular complexity index is 716. The van der Waals surface area contributed by atoms with Gasteiger partial charge in [-0.2, -0.15) is 0 Å². The first kappa shape index (κ1) is 19.4. The van der Waals surface area contributed by atoms with Gasteiger partial charge in [-0.15, -0.1) is 10.2 Å². The molecule has 2 rings (SSSR count). The third-order valence-electron chi connectivity index (χ3n) is 3.58. The van der Waals surface area contributed by atoms with Crippen LogP contribution in [-0.4, -0.2) is 51.6 Å². The van der Waals surface area contributed by atoms with E-state index >= 15 is 0 Å². The van der Waals surface area contributed by atoms with Gasteiger partial charge in [0.1, 0.15) is 5.82 Å². The van der Waals surface area contributed by atoms with Crippen molar-refractivity contribution in [2.75, 3.05) is 19.8 Å². The van der Waals surface area contributed by atoms with E-state index in [0.717, 1.165) is 11.5 Å². The number of benzene rings is 1. The molecule has 0 aliphatic heterocycles. The molecule has 0 bridgehead atoms. The van der Waals surface area contributed by atoms with Crippen LogP contribution in [0.4, 0.5) is 4.39 Å². The molecule has 1 aromatic carbocycles. The highest BCUT2D eigenvalue weighted by Gasteiger charge is 2.21. The summed E-state index contributed by atoms with van der Waals surface area (Å²) in [5, 5.41) is 9.06. The van der Waals surface area contributed by atoms with Gasteiger partial charge in [0.25, 0.3) is 0 Å². The van der Waals surface area contributed by atoms with Gasteiger partial charge in [-0.3, -0.25) is 14.3 Å². The van der Waals surface area contributed by atoms with E-state index in [1.807, 2.05) is 30.5 Å². The maximum atomic E-state index is 13.3. The molecule has 0 aliphatic carbocycles. The Morgan fingerprint density at radius 2 is 1.88 bits per heavy atom. The van der Waals surface area contributed by atoms with Gasteiger partial charge in [0.2, 0.25) is 0 Å². The second-order valence-electron chi connectivity index (χ2n) is 6.12. The Balaban J connectivity index is 2.33. The Morgan fingerprint density at radius 3 is 2.44 bits per heavy atom. The molecule has 6 nitrogen and oxygen atoms in total. The first-order valence-electron chi connectivity index (χ1n) is 7.99. The first-order chi connectivity index (χ1) is 11.8. The lowest BCUT2D eigenvalue weighted by Gasteiger charge is -2.20. The lowest BCUT2D eigenvalue weighted by Crippen LogP contribution is -2.20. The summed E-state index contributed by atoms with van der Waals surface area (Å²) >= 11 is 1.25. The number of nitrogens with zero attached hydrogens (tertiary/aromatic N) is 4. The molecular formula is C17H23FN4O2S. The monoisotopic (exact) mass is 366 g/mol. The minimum Gasteiger partial charge on any atom is -0.462 e. The van der Waals surface area contributed by atoms with E-state index in [9.17, 15) is 9.18 Å². The summed E-state index contributed by atoms with van der Waals surface area (Å²) in [6.07, 6.45) is -0.160. The van der Waals surface area contributed by atoms with Crippen LogP contribution >= 0.6 is 11.8 Å². The molecule has 136 valence electrons. The fourth-order valence-corrected chi connectivity index (χ4v) is 2.87. The number of hydrogen-bond donors (Lipinski definition) is 0. The number of ether oxygens (including phenoxy) is 1. The Morgan fingerprint density at radius 1 is 1.24 bits per heavy atom. The van der Waals surface area contributed by atoms with Gasteiger partial charge in [-0.05, 0) is 59.1 Å². The highest BCUT2D eigenvalue weighted by atomic mass is 32.2. The van der Waals surface area contributed by atoms with Gasteiger partial charge in [0.15, 0.2) is 11.0 Å². The molecule has 0 saturated carbocycles. The van der Waals surface area contributed by atoms with Crippen molar-refractivity contribution in [3.63, 3.8) is 0 Å². The molecule has 0 unspecified atom stereocenters. The summed E-state index contributed by atoms with van der Waals surface area (Å²) in [6, 6.07) is 6.11. The van der Waals surface area contributed by atoms with Crippen LogP contribution in [0.15, 0.2) is 29.4 Å². The molecular weight excluding hydrogens is 343 g/mol. The van der Waals surface area contributed by atoms with E-state index in [0.29, 0.717) is 5.16 Å². The summed E-state index contributed by atoms with van der Waals surface area (Å²) < 4.78 is 20.3. The third-order valence-corrected chi connectivity index (χ3v) is 4.48. The number of hydrogen-bond acceptors (Lipinski definition) is 6. The lowest BCUT2D eigenvalue weighted by molar-refractivity contribution is -0.144. The summed E-state index contributed by atoms with van der Waals surface area (Å²) in [7, 11) is 3.89. The molecule has 2 aromatic rings. The van der Waals surface area contributed by atoms with E-state index in [1.165, 1.54) is 23.9 Å². The molecule has 0 saturated heterocycles. The highest BCUT2D eigenvalue weighted by molar-refractivity contribution is 7.99. The molecule has 0 N–H and O–H groups in total. The molecule has 25 heavy (non-hydrogen) atoms. The topological polar surface area (TPSA) is 60.2 Å². The number of halogens is 1. The third kappa shape index (κ3) is 5.02. The number of thioether (sulfide) groups is 1. The predicted octanol–water partition coefficient (Wildman–Crippen LogP) is 3.07. The van der Waals surface area contributed by atoms with E-state index in [4.69, 9.17) is 4.74 Å². The van der Waals surface area contributed by atoms with Crippen LogP contribution in [0.3, 0.4) is 0 Å². The van der Waals surface area contributed by atoms with Crippen LogP contribution < -0.4 is 0 Å². The molecule has 0 radical (unpaired) electrons. The summed E-state index contributed by atoms with van der Waals surface area (Å²) in [5.74, 6) is 0.231. The average molecular weight is 366 g/mol. The van der Waals surface area contributed by atoms with Crippen LogP contribution in [0.1, 0.15) is 32.6 Å². The van der Waals surface area contributed by atoms with Gasteiger partial charge >= 0.3 is 5.97 Å². The Kier molecular flexibility index (Phi) is 6.55. The van der Waals surface area contributed by atoms with Crippen molar-refractivity contribution in [2.45, 2.75) is 38.1 Å². The van der Waals surface area contributed by atoms with Crippen molar-refractivity contribution in [3.05, 3.63) is 35.9 Å². The van der Waals surface area contributed by atoms with Crippen LogP contribution in [-0.2, 0) is 9.53 Å². The first-order valence-corrected chi connectivity index (χ1v) is 8.98. The Hall–Kier alpha value is -1.93. The molecule has 0 aliphatic rings. The summed E-state index contributed by atoms with van der Waals surface area (Å²) in [6.45, 7) is 5.62. The SMILES string of the molecule is CC(C)OC(=O)CSc1nnc([C@@H](C)N(C)C)n1-c1ccc(F)cc1. The number of esters is 1. The maximum absolute atomic E-state index is 13.3. The smallest absolute Gasteiger partial charge is 0.316 e. The summed E-state index contributed by atoms with van der Waals surface area (Å²) in [5.41, 5.74) is 0.745. The van der Waals surface area contributed by atoms with Gasteiger partial charge < -0.3 is 4.74 Å². The minimum absolute atomic E-state index is 0.00508. The average Bonchev–Trinajstić information content (AvgIpc) is 2.96. The second-order valence-corrected chi connectivity index (χ2v) is 7.06. The van der Waals surface area contributed by atoms with E-state index in [1.54, 1.807) is 26.0 Å². The van der Waals surface area contributed by atoms with Crippen molar-refractivity contribution in [1.29, 1.82) is 0 Å². The summed E-state index contributed by atoms with van der Waals surface area (Å²) in [4.78, 5) is 13.8. The molecule has 1 atom stereocenters. The maximum Gasteiger partial charge on any atom is 0.316 e. The van der Waals surface area contributed by atoms with Crippen molar-refractivity contribution in [1.82, 2.24) is 19.7 Å². The number of aromatic nitrogens is 3. The largest absolute Gasteiger partial charge is 0.462 e. The van der Waals surface area contributed by atoms with Gasteiger partial charge in [0, 0.05) is 5.69 Å². The lowest BCUT2D eigenvalue weighted by atomic mass is 10.2. The van der Waals surface area contributed by atoms with Crippen LogP contribution in [0, 0.1) is 5.82 Å². The van der Waals surface area contributed by atoms with Crippen molar-refractivity contribution >= 4 is 17.7 Å². The van der Waals surface area contributed by atoms with Gasteiger partial charge in [-0.25, -0.2) is 4.39 Å². The number of rotatable bonds is 7.